The maximum Gasteiger partial charge on any atom is 0.338 e. The van der Waals surface area contributed by atoms with Crippen LogP contribution < -0.4 is 0 Å². The summed E-state index contributed by atoms with van der Waals surface area (Å²) in [5.41, 5.74) is 1.83. The first-order chi connectivity index (χ1) is 11.5. The van der Waals surface area contributed by atoms with Crippen molar-refractivity contribution in [2.45, 2.75) is 31.6 Å². The van der Waals surface area contributed by atoms with Gasteiger partial charge in [-0.25, -0.2) is 9.79 Å². The molecular weight excluding hydrogens is 392 g/mol. The molecule has 5 nitrogen and oxygen atoms in total. The number of ether oxygens (including phenoxy) is 1. The molecular formula is C17H17BrN2O3S. The number of esters is 1. The molecule has 126 valence electrons. The molecule has 1 aromatic rings. The van der Waals surface area contributed by atoms with Crippen molar-refractivity contribution in [2.24, 2.45) is 4.99 Å². The number of carbonyl (C=O) groups excluding carboxylic acids is 2. The average Bonchev–Trinajstić information content (AvgIpc) is 2.89. The van der Waals surface area contributed by atoms with Crippen molar-refractivity contribution in [3.8, 4) is 0 Å². The van der Waals surface area contributed by atoms with Crippen molar-refractivity contribution >= 4 is 44.7 Å². The number of amidine groups is 1. The van der Waals surface area contributed by atoms with E-state index in [2.05, 4.69) is 20.9 Å². The van der Waals surface area contributed by atoms with E-state index in [9.17, 15) is 9.59 Å². The first kappa shape index (κ1) is 17.2. The number of halogens is 1. The molecule has 2 aliphatic heterocycles. The fraction of sp³-hybridized carbons (Fsp3) is 0.353. The Hall–Kier alpha value is -1.60. The number of rotatable bonds is 3. The van der Waals surface area contributed by atoms with E-state index < -0.39 is 12.0 Å². The molecule has 0 radical (unpaired) electrons. The van der Waals surface area contributed by atoms with E-state index in [4.69, 9.17) is 4.74 Å². The summed E-state index contributed by atoms with van der Waals surface area (Å²) in [6, 6.07) is 7.06. The van der Waals surface area contributed by atoms with E-state index in [-0.39, 0.29) is 11.2 Å². The summed E-state index contributed by atoms with van der Waals surface area (Å²) in [7, 11) is 1.34. The fourth-order valence-corrected chi connectivity index (χ4v) is 4.59. The average molecular weight is 409 g/mol. The Morgan fingerprint density at radius 1 is 1.42 bits per heavy atom. The zero-order valence-electron chi connectivity index (χ0n) is 13.6. The number of hydrogen-bond acceptors (Lipinski definition) is 5. The Kier molecular flexibility index (Phi) is 4.83. The van der Waals surface area contributed by atoms with Crippen molar-refractivity contribution in [1.82, 2.24) is 4.90 Å². The van der Waals surface area contributed by atoms with Crippen molar-refractivity contribution in [2.75, 3.05) is 7.11 Å². The van der Waals surface area contributed by atoms with E-state index in [0.29, 0.717) is 22.9 Å². The SMILES string of the molecule is CC[C@H]1SC2=NC(C)=C(C(=O)OC)[C@@H](c3ccccc3Br)N2C1=O. The molecule has 24 heavy (non-hydrogen) atoms. The number of carbonyl (C=O) groups is 2. The maximum atomic E-state index is 12.9. The summed E-state index contributed by atoms with van der Waals surface area (Å²) in [4.78, 5) is 31.4. The summed E-state index contributed by atoms with van der Waals surface area (Å²) in [6.07, 6.45) is 0.717. The molecule has 0 bridgehead atoms. The number of methoxy groups -OCH3 is 1. The predicted octanol–water partition coefficient (Wildman–Crippen LogP) is 3.66. The Balaban J connectivity index is 2.20. The Bertz CT molecular complexity index is 775. The van der Waals surface area contributed by atoms with Gasteiger partial charge in [-0.05, 0) is 25.0 Å². The molecule has 0 spiro atoms. The number of amides is 1. The Morgan fingerprint density at radius 3 is 2.75 bits per heavy atom. The second kappa shape index (κ2) is 6.72. The van der Waals surface area contributed by atoms with E-state index in [1.54, 1.807) is 11.8 Å². The van der Waals surface area contributed by atoms with Gasteiger partial charge in [0, 0.05) is 4.47 Å². The number of fused-ring (bicyclic) bond motifs is 1. The van der Waals surface area contributed by atoms with Crippen LogP contribution in [0.3, 0.4) is 0 Å². The van der Waals surface area contributed by atoms with Crippen LogP contribution in [0.15, 0.2) is 45.0 Å². The van der Waals surface area contributed by atoms with E-state index in [0.717, 1.165) is 10.0 Å². The molecule has 7 heteroatoms. The quantitative estimate of drug-likeness (QED) is 0.715. The van der Waals surface area contributed by atoms with Crippen molar-refractivity contribution < 1.29 is 14.3 Å². The van der Waals surface area contributed by atoms with Crippen LogP contribution in [-0.4, -0.2) is 34.3 Å². The van der Waals surface area contributed by atoms with Gasteiger partial charge in [0.05, 0.1) is 29.7 Å². The minimum absolute atomic E-state index is 0.0177. The highest BCUT2D eigenvalue weighted by molar-refractivity contribution is 9.10. The van der Waals surface area contributed by atoms with Gasteiger partial charge in [0.2, 0.25) is 5.91 Å². The highest BCUT2D eigenvalue weighted by atomic mass is 79.9. The zero-order chi connectivity index (χ0) is 17.4. The number of hydrogen-bond donors (Lipinski definition) is 0. The maximum absolute atomic E-state index is 12.9. The number of aliphatic imine (C=N–C) groups is 1. The van der Waals surface area contributed by atoms with Gasteiger partial charge >= 0.3 is 5.97 Å². The topological polar surface area (TPSA) is 59.0 Å². The summed E-state index contributed by atoms with van der Waals surface area (Å²) < 4.78 is 5.80. The molecule has 2 heterocycles. The van der Waals surface area contributed by atoms with Crippen LogP contribution in [0.5, 0.6) is 0 Å². The molecule has 1 fully saturated rings. The minimum atomic E-state index is -0.530. The van der Waals surface area contributed by atoms with Crippen LogP contribution in [-0.2, 0) is 14.3 Å². The highest BCUT2D eigenvalue weighted by Crippen LogP contribution is 2.45. The first-order valence-corrected chi connectivity index (χ1v) is 9.28. The third kappa shape index (κ3) is 2.69. The Labute approximate surface area is 153 Å². The molecule has 1 amide bonds. The van der Waals surface area contributed by atoms with Crippen LogP contribution >= 0.6 is 27.7 Å². The lowest BCUT2D eigenvalue weighted by Crippen LogP contribution is -2.40. The molecule has 1 aromatic carbocycles. The first-order valence-electron chi connectivity index (χ1n) is 7.61. The molecule has 0 unspecified atom stereocenters. The van der Waals surface area contributed by atoms with Gasteiger partial charge in [0.25, 0.3) is 0 Å². The molecule has 0 saturated carbocycles. The normalized spacial score (nSPS) is 23.2. The smallest absolute Gasteiger partial charge is 0.338 e. The van der Waals surface area contributed by atoms with Gasteiger partial charge in [-0.2, -0.15) is 0 Å². The van der Waals surface area contributed by atoms with Gasteiger partial charge in [0.1, 0.15) is 0 Å². The minimum Gasteiger partial charge on any atom is -0.466 e. The number of nitrogens with zero attached hydrogens (tertiary/aromatic N) is 2. The third-order valence-corrected chi connectivity index (χ3v) is 6.17. The summed E-state index contributed by atoms with van der Waals surface area (Å²) in [6.45, 7) is 3.76. The van der Waals surface area contributed by atoms with E-state index >= 15 is 0 Å². The van der Waals surface area contributed by atoms with Crippen LogP contribution in [0.25, 0.3) is 0 Å². The second-order valence-corrected chi connectivity index (χ2v) is 7.56. The molecule has 2 aliphatic rings. The molecule has 0 aliphatic carbocycles. The lowest BCUT2D eigenvalue weighted by atomic mass is 9.94. The zero-order valence-corrected chi connectivity index (χ0v) is 16.0. The number of benzene rings is 1. The van der Waals surface area contributed by atoms with Gasteiger partial charge in [-0.1, -0.05) is 52.8 Å². The molecule has 0 N–H and O–H groups in total. The fourth-order valence-electron chi connectivity index (χ4n) is 2.95. The van der Waals surface area contributed by atoms with Crippen LogP contribution in [0.2, 0.25) is 0 Å². The van der Waals surface area contributed by atoms with Crippen LogP contribution in [0, 0.1) is 0 Å². The van der Waals surface area contributed by atoms with Crippen molar-refractivity contribution in [1.29, 1.82) is 0 Å². The van der Waals surface area contributed by atoms with E-state index in [1.165, 1.54) is 18.9 Å². The molecule has 0 aromatic heterocycles. The molecule has 3 rings (SSSR count). The second-order valence-electron chi connectivity index (χ2n) is 5.53. The Morgan fingerprint density at radius 2 is 2.12 bits per heavy atom. The molecule has 1 saturated heterocycles. The van der Waals surface area contributed by atoms with Crippen molar-refractivity contribution in [3.05, 3.63) is 45.6 Å². The standard InChI is InChI=1S/C17H17BrN2O3S/c1-4-12-15(21)20-14(10-7-5-6-8-11(10)18)13(16(22)23-3)9(2)19-17(20)24-12/h5-8,12,14H,4H2,1-3H3/t12-,14-/m1/s1. The van der Waals surface area contributed by atoms with E-state index in [1.807, 2.05) is 31.2 Å². The monoisotopic (exact) mass is 408 g/mol. The predicted molar refractivity (Wildman–Crippen MR) is 97.6 cm³/mol. The van der Waals surface area contributed by atoms with Crippen LogP contribution in [0.1, 0.15) is 31.9 Å². The van der Waals surface area contributed by atoms with Gasteiger partial charge in [0.15, 0.2) is 5.17 Å². The number of allylic oxidation sites excluding steroid dienone is 1. The van der Waals surface area contributed by atoms with Gasteiger partial charge in [-0.3, -0.25) is 9.69 Å². The van der Waals surface area contributed by atoms with Crippen molar-refractivity contribution in [3.63, 3.8) is 0 Å². The third-order valence-electron chi connectivity index (χ3n) is 4.13. The summed E-state index contributed by atoms with van der Waals surface area (Å²) >= 11 is 5.00. The lowest BCUT2D eigenvalue weighted by Gasteiger charge is -2.33. The lowest BCUT2D eigenvalue weighted by molar-refractivity contribution is -0.137. The number of thioether (sulfide) groups is 1. The van der Waals surface area contributed by atoms with Crippen LogP contribution in [0.4, 0.5) is 0 Å². The van der Waals surface area contributed by atoms with Gasteiger partial charge < -0.3 is 4.74 Å². The van der Waals surface area contributed by atoms with Gasteiger partial charge in [-0.15, -0.1) is 0 Å². The summed E-state index contributed by atoms with van der Waals surface area (Å²) in [5, 5.41) is 0.483. The molecule has 2 atom stereocenters. The highest BCUT2D eigenvalue weighted by Gasteiger charge is 2.47. The summed E-state index contributed by atoms with van der Waals surface area (Å²) in [5.74, 6) is -0.482. The largest absolute Gasteiger partial charge is 0.466 e.